The van der Waals surface area contributed by atoms with Gasteiger partial charge in [-0.3, -0.25) is 29.4 Å². The topological polar surface area (TPSA) is 155 Å². The molecule has 0 bridgehead atoms. The van der Waals surface area contributed by atoms with Crippen LogP contribution < -0.4 is 30.3 Å². The molecule has 4 amide bonds. The first kappa shape index (κ1) is 35.9. The highest BCUT2D eigenvalue weighted by Gasteiger charge is 2.45. The smallest absolute Gasteiger partial charge is 0.262 e. The number of hydrogen-bond acceptors (Lipinski definition) is 11. The van der Waals surface area contributed by atoms with Gasteiger partial charge in [-0.15, -0.1) is 0 Å². The number of aromatic nitrogens is 2. The van der Waals surface area contributed by atoms with E-state index < -0.39 is 29.7 Å². The van der Waals surface area contributed by atoms with Gasteiger partial charge >= 0.3 is 0 Å². The van der Waals surface area contributed by atoms with E-state index in [1.54, 1.807) is 18.2 Å². The van der Waals surface area contributed by atoms with E-state index in [0.29, 0.717) is 12.0 Å². The van der Waals surface area contributed by atoms with E-state index in [0.717, 1.165) is 72.7 Å². The Morgan fingerprint density at radius 1 is 0.893 bits per heavy atom. The minimum absolute atomic E-state index is 0.0469. The van der Waals surface area contributed by atoms with Gasteiger partial charge in [0.2, 0.25) is 17.8 Å². The molecule has 1 saturated carbocycles. The zero-order chi connectivity index (χ0) is 38.6. The molecular formula is C43H45N7O6. The summed E-state index contributed by atoms with van der Waals surface area (Å²) in [6, 6.07) is 22.7. The zero-order valence-electron chi connectivity index (χ0n) is 31.5. The fourth-order valence-corrected chi connectivity index (χ4v) is 8.50. The Bertz CT molecular complexity index is 2200. The Morgan fingerprint density at radius 2 is 1.61 bits per heavy atom. The van der Waals surface area contributed by atoms with E-state index in [2.05, 4.69) is 63.9 Å². The van der Waals surface area contributed by atoms with Crippen molar-refractivity contribution in [2.24, 2.45) is 5.41 Å². The normalized spacial score (nSPS) is 22.7. The molecule has 4 aliphatic heterocycles. The molecule has 1 spiro atoms. The number of amides is 4. The lowest BCUT2D eigenvalue weighted by Gasteiger charge is -2.38. The summed E-state index contributed by atoms with van der Waals surface area (Å²) in [4.78, 5) is 62.8. The first-order valence-corrected chi connectivity index (χ1v) is 19.4. The van der Waals surface area contributed by atoms with Crippen molar-refractivity contribution in [1.29, 1.82) is 0 Å². The summed E-state index contributed by atoms with van der Waals surface area (Å²) in [5.41, 5.74) is 4.59. The number of nitrogens with zero attached hydrogens (tertiary/aromatic N) is 4. The molecule has 0 radical (unpaired) electrons. The van der Waals surface area contributed by atoms with Crippen molar-refractivity contribution in [3.8, 4) is 11.5 Å². The summed E-state index contributed by atoms with van der Waals surface area (Å²) < 4.78 is 12.4. The summed E-state index contributed by atoms with van der Waals surface area (Å²) in [7, 11) is 0. The minimum Gasteiger partial charge on any atom is -0.490 e. The van der Waals surface area contributed by atoms with Crippen LogP contribution in [0, 0.1) is 5.41 Å². The van der Waals surface area contributed by atoms with Crippen LogP contribution in [0.25, 0.3) is 0 Å². The van der Waals surface area contributed by atoms with Crippen LogP contribution >= 0.6 is 0 Å². The summed E-state index contributed by atoms with van der Waals surface area (Å²) in [5.74, 6) is 0.336. The van der Waals surface area contributed by atoms with E-state index in [-0.39, 0.29) is 41.5 Å². The number of rotatable bonds is 11. The molecule has 4 fully saturated rings. The van der Waals surface area contributed by atoms with Crippen LogP contribution in [0.3, 0.4) is 0 Å². The Kier molecular flexibility index (Phi) is 8.99. The van der Waals surface area contributed by atoms with Gasteiger partial charge in [-0.05, 0) is 72.5 Å². The predicted octanol–water partition coefficient (Wildman–Crippen LogP) is 4.60. The molecule has 5 aliphatic rings. The molecule has 13 heteroatoms. The third-order valence-electron chi connectivity index (χ3n) is 12.2. The number of piperidine rings is 1. The van der Waals surface area contributed by atoms with Crippen LogP contribution in [0.2, 0.25) is 0 Å². The van der Waals surface area contributed by atoms with Crippen LogP contribution in [0.4, 0.5) is 11.6 Å². The molecule has 1 aromatic heterocycles. The molecule has 3 N–H and O–H groups in total. The minimum atomic E-state index is -0.984. The number of carbonyl (C=O) groups is 4. The maximum absolute atomic E-state index is 13.2. The van der Waals surface area contributed by atoms with Gasteiger partial charge in [0, 0.05) is 74.2 Å². The predicted molar refractivity (Wildman–Crippen MR) is 208 cm³/mol. The van der Waals surface area contributed by atoms with Gasteiger partial charge < -0.3 is 25.0 Å². The number of anilines is 2. The third kappa shape index (κ3) is 6.74. The molecule has 56 heavy (non-hydrogen) atoms. The van der Waals surface area contributed by atoms with Crippen molar-refractivity contribution >= 4 is 35.3 Å². The standard InChI is InChI=1S/C43H45N7O6/c1-42(2,26-3-8-31(9-4-26)55-22-29-15-17-45-41(47-29)49-18-16-43(25-49)23-44-24-43)27-5-10-32(11-6-27)56-33-19-30(20-33)46-28-7-12-34-35(21-28)40(54)50(39(34)53)36-13-14-37(51)48-38(36)52/h3-12,15,17,21,30,33,36,44,46H,13-14,16,18-20,22-25H2,1-2H3,(H,48,51,52). The molecule has 3 saturated heterocycles. The van der Waals surface area contributed by atoms with Crippen LogP contribution in [-0.4, -0.2) is 82.9 Å². The summed E-state index contributed by atoms with van der Waals surface area (Å²) >= 11 is 0. The van der Waals surface area contributed by atoms with E-state index in [4.69, 9.17) is 14.5 Å². The van der Waals surface area contributed by atoms with Crippen molar-refractivity contribution in [2.75, 3.05) is 36.4 Å². The Labute approximate surface area is 325 Å². The van der Waals surface area contributed by atoms with E-state index in [1.165, 1.54) is 17.5 Å². The quantitative estimate of drug-likeness (QED) is 0.184. The first-order chi connectivity index (χ1) is 27.0. The monoisotopic (exact) mass is 755 g/mol. The number of nitrogens with one attached hydrogen (secondary N) is 3. The Balaban J connectivity index is 0.750. The van der Waals surface area contributed by atoms with Crippen molar-refractivity contribution in [3.05, 3.63) is 107 Å². The van der Waals surface area contributed by atoms with Crippen molar-refractivity contribution < 1.29 is 28.7 Å². The highest BCUT2D eigenvalue weighted by Crippen LogP contribution is 2.37. The molecule has 1 atom stereocenters. The fraction of sp³-hybridized carbons (Fsp3) is 0.395. The molecule has 4 aromatic rings. The van der Waals surface area contributed by atoms with Crippen LogP contribution in [0.1, 0.15) is 83.5 Å². The second kappa shape index (κ2) is 14.0. The summed E-state index contributed by atoms with van der Waals surface area (Å²) in [6.07, 6.45) is 4.82. The summed E-state index contributed by atoms with van der Waals surface area (Å²) in [5, 5.41) is 9.08. The lowest BCUT2D eigenvalue weighted by atomic mass is 9.78. The lowest BCUT2D eigenvalue weighted by molar-refractivity contribution is -0.136. The van der Waals surface area contributed by atoms with Gasteiger partial charge in [0.25, 0.3) is 11.8 Å². The highest BCUT2D eigenvalue weighted by atomic mass is 16.5. The molecule has 5 heterocycles. The number of ether oxygens (including phenoxy) is 2. The highest BCUT2D eigenvalue weighted by molar-refractivity contribution is 6.23. The molecule has 1 aliphatic carbocycles. The molecule has 3 aromatic carbocycles. The number of hydrogen-bond donors (Lipinski definition) is 3. The van der Waals surface area contributed by atoms with Crippen LogP contribution in [-0.2, 0) is 21.6 Å². The van der Waals surface area contributed by atoms with Gasteiger partial charge in [-0.2, -0.15) is 0 Å². The van der Waals surface area contributed by atoms with Gasteiger partial charge in [0.15, 0.2) is 0 Å². The SMILES string of the molecule is CC(C)(c1ccc(OCc2ccnc(N3CCC4(CNC4)C3)n2)cc1)c1ccc(OC2CC(Nc3ccc4c(c3)C(=O)N(C3CCC(=O)NC3=O)C4=O)C2)cc1. The van der Waals surface area contributed by atoms with E-state index in [1.807, 2.05) is 36.5 Å². The number of imide groups is 2. The van der Waals surface area contributed by atoms with Crippen LogP contribution in [0.15, 0.2) is 79.0 Å². The maximum Gasteiger partial charge on any atom is 0.262 e. The fourth-order valence-electron chi connectivity index (χ4n) is 8.50. The molecule has 288 valence electrons. The Hall–Kier alpha value is -5.82. The summed E-state index contributed by atoms with van der Waals surface area (Å²) in [6.45, 7) is 8.95. The van der Waals surface area contributed by atoms with Crippen molar-refractivity contribution in [3.63, 3.8) is 0 Å². The number of carbonyl (C=O) groups excluding carboxylic acids is 4. The average Bonchev–Trinajstić information content (AvgIpc) is 3.74. The lowest BCUT2D eigenvalue weighted by Crippen LogP contribution is -2.54. The maximum atomic E-state index is 13.2. The Morgan fingerprint density at radius 3 is 2.29 bits per heavy atom. The molecular weight excluding hydrogens is 711 g/mol. The van der Waals surface area contributed by atoms with Gasteiger partial charge in [0.05, 0.1) is 16.8 Å². The third-order valence-corrected chi connectivity index (χ3v) is 12.2. The average molecular weight is 756 g/mol. The number of fused-ring (bicyclic) bond motifs is 1. The molecule has 13 nitrogen and oxygen atoms in total. The molecule has 9 rings (SSSR count). The van der Waals surface area contributed by atoms with E-state index >= 15 is 0 Å². The largest absolute Gasteiger partial charge is 0.490 e. The molecule has 1 unspecified atom stereocenters. The van der Waals surface area contributed by atoms with Crippen molar-refractivity contribution in [2.45, 2.75) is 76.2 Å². The van der Waals surface area contributed by atoms with Gasteiger partial charge in [-0.1, -0.05) is 38.1 Å². The van der Waals surface area contributed by atoms with Gasteiger partial charge in [-0.25, -0.2) is 9.97 Å². The van der Waals surface area contributed by atoms with E-state index in [9.17, 15) is 19.2 Å². The second-order valence-corrected chi connectivity index (χ2v) is 16.3. The number of benzene rings is 3. The van der Waals surface area contributed by atoms with Crippen LogP contribution in [0.5, 0.6) is 11.5 Å². The second-order valence-electron chi connectivity index (χ2n) is 16.3. The first-order valence-electron chi connectivity index (χ1n) is 19.4. The zero-order valence-corrected chi connectivity index (χ0v) is 31.5. The van der Waals surface area contributed by atoms with Gasteiger partial charge in [0.1, 0.15) is 30.3 Å². The van der Waals surface area contributed by atoms with Crippen molar-refractivity contribution in [1.82, 2.24) is 25.5 Å².